The second kappa shape index (κ2) is 6.93. The van der Waals surface area contributed by atoms with E-state index in [-0.39, 0.29) is 0 Å². The molecule has 0 aliphatic heterocycles. The van der Waals surface area contributed by atoms with Gasteiger partial charge < -0.3 is 10.2 Å². The van der Waals surface area contributed by atoms with E-state index >= 15 is 0 Å². The van der Waals surface area contributed by atoms with E-state index < -0.39 is 0 Å². The first kappa shape index (κ1) is 12.6. The Morgan fingerprint density at radius 2 is 2.27 bits per heavy atom. The molecular formula is C11H21N3S. The molecule has 0 atom stereocenters. The molecule has 3 nitrogen and oxygen atoms in total. The van der Waals surface area contributed by atoms with Crippen LogP contribution in [0.4, 0.5) is 0 Å². The maximum absolute atomic E-state index is 4.56. The Morgan fingerprint density at radius 1 is 1.47 bits per heavy atom. The number of thiazole rings is 1. The second-order valence-electron chi connectivity index (χ2n) is 4.00. The molecule has 0 aromatic carbocycles. The van der Waals surface area contributed by atoms with Crippen LogP contribution in [0.5, 0.6) is 0 Å². The third-order valence-corrected chi connectivity index (χ3v) is 2.95. The zero-order valence-corrected chi connectivity index (χ0v) is 10.7. The van der Waals surface area contributed by atoms with E-state index in [1.165, 1.54) is 23.5 Å². The summed E-state index contributed by atoms with van der Waals surface area (Å²) in [7, 11) is 4.14. The zero-order chi connectivity index (χ0) is 11.1. The molecule has 0 saturated heterocycles. The van der Waals surface area contributed by atoms with Gasteiger partial charge in [-0.25, -0.2) is 4.98 Å². The van der Waals surface area contributed by atoms with Gasteiger partial charge in [0, 0.05) is 18.5 Å². The highest BCUT2D eigenvalue weighted by Gasteiger charge is 2.02. The lowest BCUT2D eigenvalue weighted by atomic mass is 10.3. The first-order valence-corrected chi connectivity index (χ1v) is 6.39. The fraction of sp³-hybridized carbons (Fsp3) is 0.727. The van der Waals surface area contributed by atoms with Crippen LogP contribution in [-0.4, -0.2) is 30.5 Å². The highest BCUT2D eigenvalue weighted by molar-refractivity contribution is 7.09. The van der Waals surface area contributed by atoms with Crippen molar-refractivity contribution in [3.8, 4) is 0 Å². The summed E-state index contributed by atoms with van der Waals surface area (Å²) in [5.41, 5.74) is 1.17. The number of rotatable bonds is 7. The summed E-state index contributed by atoms with van der Waals surface area (Å²) < 4.78 is 0. The lowest BCUT2D eigenvalue weighted by molar-refractivity contribution is 0.401. The monoisotopic (exact) mass is 227 g/mol. The molecule has 0 unspecified atom stereocenters. The number of nitrogens with one attached hydrogen (secondary N) is 1. The molecule has 15 heavy (non-hydrogen) atoms. The van der Waals surface area contributed by atoms with Crippen molar-refractivity contribution < 1.29 is 0 Å². The molecule has 0 fully saturated rings. The molecule has 0 bridgehead atoms. The van der Waals surface area contributed by atoms with Crippen molar-refractivity contribution in [3.63, 3.8) is 0 Å². The van der Waals surface area contributed by atoms with Gasteiger partial charge in [-0.1, -0.05) is 13.3 Å². The minimum absolute atomic E-state index is 0.907. The molecule has 0 spiro atoms. The number of hydrogen-bond donors (Lipinski definition) is 1. The van der Waals surface area contributed by atoms with Crippen molar-refractivity contribution in [2.45, 2.75) is 32.9 Å². The standard InChI is InChI=1S/C11H21N3S/c1-4-5-6-12-7-10-9-15-11(13-10)8-14(2)3/h9,12H,4-8H2,1-3H3. The highest BCUT2D eigenvalue weighted by atomic mass is 32.1. The van der Waals surface area contributed by atoms with Crippen LogP contribution in [0.3, 0.4) is 0 Å². The summed E-state index contributed by atoms with van der Waals surface area (Å²) in [6.45, 7) is 5.15. The van der Waals surface area contributed by atoms with Crippen molar-refractivity contribution in [1.82, 2.24) is 15.2 Å². The maximum Gasteiger partial charge on any atom is 0.107 e. The summed E-state index contributed by atoms with van der Waals surface area (Å²) in [6, 6.07) is 0. The lowest BCUT2D eigenvalue weighted by Crippen LogP contribution is -2.15. The zero-order valence-electron chi connectivity index (χ0n) is 9.92. The minimum Gasteiger partial charge on any atom is -0.311 e. The van der Waals surface area contributed by atoms with E-state index in [4.69, 9.17) is 0 Å². The Morgan fingerprint density at radius 3 is 2.93 bits per heavy atom. The molecule has 0 amide bonds. The van der Waals surface area contributed by atoms with Gasteiger partial charge in [-0.2, -0.15) is 0 Å². The topological polar surface area (TPSA) is 28.2 Å². The summed E-state index contributed by atoms with van der Waals surface area (Å²) in [5, 5.41) is 6.75. The fourth-order valence-corrected chi connectivity index (χ4v) is 2.20. The van der Waals surface area contributed by atoms with Crippen LogP contribution < -0.4 is 5.32 Å². The van der Waals surface area contributed by atoms with Gasteiger partial charge in [-0.15, -0.1) is 11.3 Å². The average molecular weight is 227 g/mol. The molecule has 0 saturated carbocycles. The van der Waals surface area contributed by atoms with Gasteiger partial charge in [0.05, 0.1) is 5.69 Å². The summed E-state index contributed by atoms with van der Waals surface area (Å²) in [4.78, 5) is 6.71. The van der Waals surface area contributed by atoms with E-state index in [1.807, 2.05) is 0 Å². The maximum atomic E-state index is 4.56. The molecule has 1 rings (SSSR count). The van der Waals surface area contributed by atoms with E-state index in [0.29, 0.717) is 0 Å². The molecule has 86 valence electrons. The molecular weight excluding hydrogens is 206 g/mol. The second-order valence-corrected chi connectivity index (χ2v) is 4.94. The first-order chi connectivity index (χ1) is 7.22. The van der Waals surface area contributed by atoms with Crippen molar-refractivity contribution >= 4 is 11.3 Å². The third-order valence-electron chi connectivity index (χ3n) is 2.06. The number of aromatic nitrogens is 1. The molecule has 0 radical (unpaired) electrons. The molecule has 4 heteroatoms. The molecule has 1 aromatic rings. The summed E-state index contributed by atoms with van der Waals surface area (Å²) in [5.74, 6) is 0. The Labute approximate surface area is 96.5 Å². The predicted molar refractivity (Wildman–Crippen MR) is 66.1 cm³/mol. The van der Waals surface area contributed by atoms with Crippen molar-refractivity contribution in [1.29, 1.82) is 0 Å². The van der Waals surface area contributed by atoms with Gasteiger partial charge in [0.1, 0.15) is 5.01 Å². The lowest BCUT2D eigenvalue weighted by Gasteiger charge is -2.05. The fourth-order valence-electron chi connectivity index (χ4n) is 1.29. The Balaban J connectivity index is 2.26. The van der Waals surface area contributed by atoms with Crippen LogP contribution in [0, 0.1) is 0 Å². The van der Waals surface area contributed by atoms with Crippen molar-refractivity contribution in [2.75, 3.05) is 20.6 Å². The van der Waals surface area contributed by atoms with Crippen LogP contribution >= 0.6 is 11.3 Å². The predicted octanol–water partition coefficient (Wildman–Crippen LogP) is 2.09. The largest absolute Gasteiger partial charge is 0.311 e. The van der Waals surface area contributed by atoms with Crippen LogP contribution in [0.15, 0.2) is 5.38 Å². The molecule has 1 heterocycles. The quantitative estimate of drug-likeness (QED) is 0.723. The molecule has 1 N–H and O–H groups in total. The van der Waals surface area contributed by atoms with Crippen LogP contribution in [0.1, 0.15) is 30.5 Å². The summed E-state index contributed by atoms with van der Waals surface area (Å²) in [6.07, 6.45) is 2.49. The smallest absolute Gasteiger partial charge is 0.107 e. The van der Waals surface area contributed by atoms with Gasteiger partial charge in [0.2, 0.25) is 0 Å². The number of hydrogen-bond acceptors (Lipinski definition) is 4. The van der Waals surface area contributed by atoms with Gasteiger partial charge in [-0.3, -0.25) is 0 Å². The van der Waals surface area contributed by atoms with E-state index in [1.54, 1.807) is 11.3 Å². The Bertz CT molecular complexity index is 271. The molecule has 1 aromatic heterocycles. The van der Waals surface area contributed by atoms with E-state index in [0.717, 1.165) is 19.6 Å². The normalized spacial score (nSPS) is 11.2. The minimum atomic E-state index is 0.907. The van der Waals surface area contributed by atoms with Crippen molar-refractivity contribution in [3.05, 3.63) is 16.1 Å². The SMILES string of the molecule is CCCCNCc1csc(CN(C)C)n1. The molecule has 0 aliphatic rings. The van der Waals surface area contributed by atoms with Gasteiger partial charge in [-0.05, 0) is 27.1 Å². The van der Waals surface area contributed by atoms with Crippen LogP contribution in [-0.2, 0) is 13.1 Å². The van der Waals surface area contributed by atoms with Crippen LogP contribution in [0.25, 0.3) is 0 Å². The average Bonchev–Trinajstić information content (AvgIpc) is 2.59. The van der Waals surface area contributed by atoms with E-state index in [2.05, 4.69) is 41.6 Å². The summed E-state index contributed by atoms with van der Waals surface area (Å²) >= 11 is 1.75. The highest BCUT2D eigenvalue weighted by Crippen LogP contribution is 2.10. The number of nitrogens with zero attached hydrogens (tertiary/aromatic N) is 2. The van der Waals surface area contributed by atoms with Gasteiger partial charge >= 0.3 is 0 Å². The van der Waals surface area contributed by atoms with Gasteiger partial charge in [0.15, 0.2) is 0 Å². The van der Waals surface area contributed by atoms with E-state index in [9.17, 15) is 0 Å². The van der Waals surface area contributed by atoms with Crippen molar-refractivity contribution in [2.24, 2.45) is 0 Å². The molecule has 0 aliphatic carbocycles. The third kappa shape index (κ3) is 5.25. The number of unbranched alkanes of at least 4 members (excludes halogenated alkanes) is 1. The first-order valence-electron chi connectivity index (χ1n) is 5.51. The van der Waals surface area contributed by atoms with Gasteiger partial charge in [0.25, 0.3) is 0 Å². The Kier molecular flexibility index (Phi) is 5.83. The Hall–Kier alpha value is -0.450. The van der Waals surface area contributed by atoms with Crippen LogP contribution in [0.2, 0.25) is 0 Å².